The van der Waals surface area contributed by atoms with Gasteiger partial charge in [0, 0.05) is 13.1 Å². The van der Waals surface area contributed by atoms with E-state index in [1.807, 2.05) is 25.1 Å². The van der Waals surface area contributed by atoms with E-state index in [1.54, 1.807) is 0 Å². The number of fused-ring (bicyclic) bond motifs is 1. The number of rotatable bonds is 2. The molecule has 3 rings (SSSR count). The first-order valence-electron chi connectivity index (χ1n) is 7.00. The van der Waals surface area contributed by atoms with E-state index in [1.165, 1.54) is 10.1 Å². The molecule has 1 aromatic heterocycles. The molecule has 0 spiro atoms. The monoisotopic (exact) mass is 303 g/mol. The molecule has 0 saturated carbocycles. The van der Waals surface area contributed by atoms with Crippen LogP contribution in [0.4, 0.5) is 0 Å². The van der Waals surface area contributed by atoms with Crippen molar-refractivity contribution in [1.82, 2.24) is 14.9 Å². The van der Waals surface area contributed by atoms with Crippen LogP contribution in [0.2, 0.25) is 0 Å². The summed E-state index contributed by atoms with van der Waals surface area (Å²) in [6.45, 7) is 3.14. The molecule has 0 bridgehead atoms. The van der Waals surface area contributed by atoms with E-state index >= 15 is 0 Å². The Morgan fingerprint density at radius 1 is 1.43 bits per heavy atom. The van der Waals surface area contributed by atoms with Crippen molar-refractivity contribution in [2.24, 2.45) is 0 Å². The zero-order chi connectivity index (χ0) is 15.0. The third-order valence-corrected chi connectivity index (χ3v) is 4.24. The predicted octanol–water partition coefficient (Wildman–Crippen LogP) is 1.87. The van der Waals surface area contributed by atoms with Crippen LogP contribution in [-0.4, -0.2) is 21.2 Å². The molecular formula is C15H17N3O2S. The maximum absolute atomic E-state index is 12.3. The highest BCUT2D eigenvalue weighted by atomic mass is 32.1. The Labute approximate surface area is 127 Å². The van der Waals surface area contributed by atoms with Crippen LogP contribution in [-0.2, 0) is 13.0 Å². The molecule has 1 aromatic carbocycles. The first-order chi connectivity index (χ1) is 10.1. The molecule has 6 heteroatoms. The fourth-order valence-electron chi connectivity index (χ4n) is 2.89. The van der Waals surface area contributed by atoms with Gasteiger partial charge in [0.1, 0.15) is 0 Å². The smallest absolute Gasteiger partial charge is 0.260 e. The Kier molecular flexibility index (Phi) is 3.65. The van der Waals surface area contributed by atoms with Crippen LogP contribution in [0.15, 0.2) is 29.1 Å². The number of aromatic nitrogens is 2. The van der Waals surface area contributed by atoms with Crippen molar-refractivity contribution in [1.29, 1.82) is 0 Å². The summed E-state index contributed by atoms with van der Waals surface area (Å²) in [6, 6.07) is 7.67. The number of aromatic amines is 1. The van der Waals surface area contributed by atoms with Crippen molar-refractivity contribution >= 4 is 12.2 Å². The normalized spacial score (nSPS) is 17.5. The molecule has 3 N–H and O–H groups in total. The van der Waals surface area contributed by atoms with Crippen LogP contribution in [0.5, 0.6) is 5.88 Å². The molecule has 110 valence electrons. The standard InChI is InChI=1S/C15H17N3O2S/c1-2-18-14(20)11(13(19)17-15(18)21)12-10-6-4-3-5-9(10)7-8-16-12/h3-6,12,16,20H,2,7-8H2,1H3,(H,17,19,21). The van der Waals surface area contributed by atoms with Crippen LogP contribution >= 0.6 is 12.2 Å². The number of hydrogen-bond donors (Lipinski definition) is 3. The van der Waals surface area contributed by atoms with Gasteiger partial charge in [0.2, 0.25) is 5.88 Å². The summed E-state index contributed by atoms with van der Waals surface area (Å²) >= 11 is 5.09. The Morgan fingerprint density at radius 3 is 2.95 bits per heavy atom. The van der Waals surface area contributed by atoms with Gasteiger partial charge in [-0.15, -0.1) is 0 Å². The quantitative estimate of drug-likeness (QED) is 0.741. The Hall–Kier alpha value is -1.92. The maximum Gasteiger partial charge on any atom is 0.260 e. The third kappa shape index (κ3) is 2.30. The van der Waals surface area contributed by atoms with Gasteiger partial charge in [-0.25, -0.2) is 0 Å². The van der Waals surface area contributed by atoms with Crippen LogP contribution in [0.1, 0.15) is 29.7 Å². The molecule has 2 heterocycles. The summed E-state index contributed by atoms with van der Waals surface area (Å²) in [6.07, 6.45) is 0.915. The summed E-state index contributed by atoms with van der Waals surface area (Å²) in [7, 11) is 0. The molecule has 1 atom stereocenters. The summed E-state index contributed by atoms with van der Waals surface area (Å²) in [5, 5.41) is 13.8. The number of benzene rings is 1. The second kappa shape index (κ2) is 5.46. The Bertz CT molecular complexity index is 794. The topological polar surface area (TPSA) is 70.0 Å². The van der Waals surface area contributed by atoms with Gasteiger partial charge in [0.15, 0.2) is 4.77 Å². The van der Waals surface area contributed by atoms with Gasteiger partial charge in [-0.3, -0.25) is 14.3 Å². The SMILES string of the molecule is CCn1c(O)c(C2NCCc3ccccc32)c(=O)[nH]c1=S. The van der Waals surface area contributed by atoms with Gasteiger partial charge in [0.25, 0.3) is 5.56 Å². The lowest BCUT2D eigenvalue weighted by atomic mass is 9.91. The van der Waals surface area contributed by atoms with E-state index in [0.717, 1.165) is 18.5 Å². The average molecular weight is 303 g/mol. The minimum absolute atomic E-state index is 0.0551. The van der Waals surface area contributed by atoms with E-state index < -0.39 is 0 Å². The molecule has 0 fully saturated rings. The molecule has 1 aliphatic rings. The van der Waals surface area contributed by atoms with Crippen molar-refractivity contribution in [3.8, 4) is 5.88 Å². The lowest BCUT2D eigenvalue weighted by Gasteiger charge is -2.27. The number of nitrogens with one attached hydrogen (secondary N) is 2. The number of H-pyrrole nitrogens is 1. The summed E-state index contributed by atoms with van der Waals surface area (Å²) < 4.78 is 1.78. The molecule has 2 aromatic rings. The number of aromatic hydroxyl groups is 1. The van der Waals surface area contributed by atoms with Crippen LogP contribution in [0.3, 0.4) is 0 Å². The van der Waals surface area contributed by atoms with Gasteiger partial charge in [-0.1, -0.05) is 24.3 Å². The fourth-order valence-corrected chi connectivity index (χ4v) is 3.20. The van der Waals surface area contributed by atoms with Gasteiger partial charge >= 0.3 is 0 Å². The summed E-state index contributed by atoms with van der Waals surface area (Å²) in [4.78, 5) is 15.0. The van der Waals surface area contributed by atoms with Gasteiger partial charge < -0.3 is 10.4 Å². The second-order valence-electron chi connectivity index (χ2n) is 5.08. The van der Waals surface area contributed by atoms with Gasteiger partial charge in [0.05, 0.1) is 11.6 Å². The summed E-state index contributed by atoms with van der Waals surface area (Å²) in [5.74, 6) is -0.0551. The summed E-state index contributed by atoms with van der Waals surface area (Å²) in [5.41, 5.74) is 2.23. The van der Waals surface area contributed by atoms with E-state index in [0.29, 0.717) is 12.1 Å². The number of hydrogen-bond acceptors (Lipinski definition) is 4. The first-order valence-corrected chi connectivity index (χ1v) is 7.41. The van der Waals surface area contributed by atoms with Crippen molar-refractivity contribution in [3.63, 3.8) is 0 Å². The van der Waals surface area contributed by atoms with E-state index in [4.69, 9.17) is 12.2 Å². The van der Waals surface area contributed by atoms with Crippen molar-refractivity contribution in [3.05, 3.63) is 56.1 Å². The molecule has 0 aliphatic carbocycles. The van der Waals surface area contributed by atoms with E-state index in [-0.39, 0.29) is 22.3 Å². The zero-order valence-corrected chi connectivity index (χ0v) is 12.5. The van der Waals surface area contributed by atoms with Crippen LogP contribution in [0, 0.1) is 4.77 Å². The van der Waals surface area contributed by atoms with Crippen molar-refractivity contribution in [2.75, 3.05) is 6.54 Å². The predicted molar refractivity (Wildman–Crippen MR) is 83.2 cm³/mol. The maximum atomic E-state index is 12.3. The van der Waals surface area contributed by atoms with Gasteiger partial charge in [-0.2, -0.15) is 0 Å². The molecule has 5 nitrogen and oxygen atoms in total. The molecule has 1 aliphatic heterocycles. The van der Waals surface area contributed by atoms with E-state index in [9.17, 15) is 9.90 Å². The fraction of sp³-hybridized carbons (Fsp3) is 0.333. The molecule has 0 radical (unpaired) electrons. The second-order valence-corrected chi connectivity index (χ2v) is 5.46. The first kappa shape index (κ1) is 14.0. The third-order valence-electron chi connectivity index (χ3n) is 3.92. The van der Waals surface area contributed by atoms with Crippen LogP contribution < -0.4 is 10.9 Å². The molecule has 0 amide bonds. The van der Waals surface area contributed by atoms with Crippen molar-refractivity contribution in [2.45, 2.75) is 25.9 Å². The number of nitrogens with zero attached hydrogens (tertiary/aromatic N) is 1. The highest BCUT2D eigenvalue weighted by Crippen LogP contribution is 2.31. The van der Waals surface area contributed by atoms with E-state index in [2.05, 4.69) is 16.4 Å². The molecule has 0 saturated heterocycles. The highest BCUT2D eigenvalue weighted by Gasteiger charge is 2.27. The molecule has 21 heavy (non-hydrogen) atoms. The Morgan fingerprint density at radius 2 is 2.19 bits per heavy atom. The zero-order valence-electron chi connectivity index (χ0n) is 11.7. The minimum Gasteiger partial charge on any atom is -0.494 e. The lowest BCUT2D eigenvalue weighted by Crippen LogP contribution is -2.35. The van der Waals surface area contributed by atoms with Crippen molar-refractivity contribution < 1.29 is 5.11 Å². The lowest BCUT2D eigenvalue weighted by molar-refractivity contribution is 0.391. The average Bonchev–Trinajstić information content (AvgIpc) is 2.47. The molecular weight excluding hydrogens is 286 g/mol. The van der Waals surface area contributed by atoms with Crippen LogP contribution in [0.25, 0.3) is 0 Å². The Balaban J connectivity index is 2.23. The minimum atomic E-state index is -0.337. The highest BCUT2D eigenvalue weighted by molar-refractivity contribution is 7.71. The molecule has 1 unspecified atom stereocenters. The largest absolute Gasteiger partial charge is 0.494 e. The van der Waals surface area contributed by atoms with Gasteiger partial charge in [-0.05, 0) is 36.7 Å².